The van der Waals surface area contributed by atoms with Crippen molar-refractivity contribution in [3.63, 3.8) is 0 Å². The maximum atomic E-state index is 12.4. The molecule has 24 heavy (non-hydrogen) atoms. The van der Waals surface area contributed by atoms with Crippen molar-refractivity contribution in [2.24, 2.45) is 0 Å². The maximum Gasteiger partial charge on any atom is 0.276 e. The van der Waals surface area contributed by atoms with Crippen molar-refractivity contribution in [2.45, 2.75) is 0 Å². The number of nitrogens with one attached hydrogen (secondary N) is 2. The molecule has 2 heterocycles. The van der Waals surface area contributed by atoms with E-state index >= 15 is 0 Å². The van der Waals surface area contributed by atoms with E-state index in [1.54, 1.807) is 54.7 Å². The molecular weight excluding hydrogens is 304 g/mol. The molecule has 0 atom stereocenters. The quantitative estimate of drug-likeness (QED) is 0.774. The van der Waals surface area contributed by atoms with Gasteiger partial charge in [0.05, 0.1) is 17.6 Å². The highest BCUT2D eigenvalue weighted by Crippen LogP contribution is 2.16. The summed E-state index contributed by atoms with van der Waals surface area (Å²) in [6.45, 7) is 0. The van der Waals surface area contributed by atoms with Crippen LogP contribution in [0.15, 0.2) is 73.2 Å². The Kier molecular flexibility index (Phi) is 4.57. The average molecular weight is 318 g/mol. The number of carbonyl (C=O) groups excluding carboxylic acids is 2. The van der Waals surface area contributed by atoms with E-state index in [0.717, 1.165) is 0 Å². The third kappa shape index (κ3) is 3.61. The number of benzene rings is 1. The van der Waals surface area contributed by atoms with Gasteiger partial charge in [0.25, 0.3) is 11.8 Å². The van der Waals surface area contributed by atoms with Crippen LogP contribution in [0.1, 0.15) is 20.8 Å². The summed E-state index contributed by atoms with van der Waals surface area (Å²) in [5.41, 5.74) is 1.52. The third-order valence-electron chi connectivity index (χ3n) is 3.23. The summed E-state index contributed by atoms with van der Waals surface area (Å²) in [5.74, 6) is -0.731. The van der Waals surface area contributed by atoms with Gasteiger partial charge in [-0.25, -0.2) is 4.98 Å². The van der Waals surface area contributed by atoms with Crippen LogP contribution < -0.4 is 10.6 Å². The van der Waals surface area contributed by atoms with Gasteiger partial charge in [-0.3, -0.25) is 14.6 Å². The minimum Gasteiger partial charge on any atom is -0.320 e. The number of hydrogen-bond donors (Lipinski definition) is 2. The van der Waals surface area contributed by atoms with E-state index in [1.165, 1.54) is 12.4 Å². The van der Waals surface area contributed by atoms with Crippen LogP contribution >= 0.6 is 0 Å². The van der Waals surface area contributed by atoms with Crippen LogP contribution in [0.25, 0.3) is 0 Å². The SMILES string of the molecule is O=C(Nc1cccnc1C(=O)Nc1cccnc1)c1ccccc1. The molecule has 6 nitrogen and oxygen atoms in total. The third-order valence-corrected chi connectivity index (χ3v) is 3.23. The second kappa shape index (κ2) is 7.15. The van der Waals surface area contributed by atoms with E-state index in [1.807, 2.05) is 6.07 Å². The Morgan fingerprint density at radius 2 is 1.58 bits per heavy atom. The molecule has 6 heteroatoms. The van der Waals surface area contributed by atoms with Crippen molar-refractivity contribution in [3.8, 4) is 0 Å². The molecule has 0 spiro atoms. The van der Waals surface area contributed by atoms with Gasteiger partial charge in [0.2, 0.25) is 0 Å². The number of hydrogen-bond acceptors (Lipinski definition) is 4. The largest absolute Gasteiger partial charge is 0.320 e. The van der Waals surface area contributed by atoms with Crippen molar-refractivity contribution < 1.29 is 9.59 Å². The molecule has 0 aliphatic carbocycles. The molecule has 0 bridgehead atoms. The van der Waals surface area contributed by atoms with Crippen molar-refractivity contribution in [1.29, 1.82) is 0 Å². The fourth-order valence-corrected chi connectivity index (χ4v) is 2.10. The van der Waals surface area contributed by atoms with Gasteiger partial charge in [-0.2, -0.15) is 0 Å². The van der Waals surface area contributed by atoms with Crippen LogP contribution in [-0.4, -0.2) is 21.8 Å². The minimum absolute atomic E-state index is 0.130. The van der Waals surface area contributed by atoms with Crippen molar-refractivity contribution in [2.75, 3.05) is 10.6 Å². The van der Waals surface area contributed by atoms with Crippen LogP contribution in [0.5, 0.6) is 0 Å². The zero-order chi connectivity index (χ0) is 16.8. The summed E-state index contributed by atoms with van der Waals surface area (Å²) in [6.07, 6.45) is 4.64. The second-order valence-corrected chi connectivity index (χ2v) is 4.92. The zero-order valence-electron chi connectivity index (χ0n) is 12.6. The Morgan fingerprint density at radius 1 is 0.792 bits per heavy atom. The lowest BCUT2D eigenvalue weighted by Crippen LogP contribution is -2.19. The van der Waals surface area contributed by atoms with Crippen molar-refractivity contribution >= 4 is 23.2 Å². The lowest BCUT2D eigenvalue weighted by Gasteiger charge is -2.10. The van der Waals surface area contributed by atoms with E-state index in [-0.39, 0.29) is 11.6 Å². The first-order valence-corrected chi connectivity index (χ1v) is 7.27. The van der Waals surface area contributed by atoms with Gasteiger partial charge in [-0.1, -0.05) is 18.2 Å². The molecule has 2 aromatic heterocycles. The number of pyridine rings is 2. The van der Waals surface area contributed by atoms with Gasteiger partial charge >= 0.3 is 0 Å². The number of nitrogens with zero attached hydrogens (tertiary/aromatic N) is 2. The molecule has 118 valence electrons. The minimum atomic E-state index is -0.424. The van der Waals surface area contributed by atoms with E-state index in [9.17, 15) is 9.59 Å². The summed E-state index contributed by atoms with van der Waals surface area (Å²) in [4.78, 5) is 32.7. The summed E-state index contributed by atoms with van der Waals surface area (Å²) < 4.78 is 0. The Balaban J connectivity index is 1.80. The summed E-state index contributed by atoms with van der Waals surface area (Å²) in [5, 5.41) is 5.41. The highest BCUT2D eigenvalue weighted by Gasteiger charge is 2.15. The van der Waals surface area contributed by atoms with Gasteiger partial charge in [-0.15, -0.1) is 0 Å². The van der Waals surface area contributed by atoms with Gasteiger partial charge < -0.3 is 10.6 Å². The molecule has 0 aliphatic rings. The van der Waals surface area contributed by atoms with Crippen molar-refractivity contribution in [3.05, 3.63) is 84.4 Å². The smallest absolute Gasteiger partial charge is 0.276 e. The van der Waals surface area contributed by atoms with Crippen LogP contribution in [0, 0.1) is 0 Å². The normalized spacial score (nSPS) is 10.0. The molecule has 0 unspecified atom stereocenters. The zero-order valence-corrected chi connectivity index (χ0v) is 12.6. The average Bonchev–Trinajstić information content (AvgIpc) is 2.63. The van der Waals surface area contributed by atoms with Crippen molar-refractivity contribution in [1.82, 2.24) is 9.97 Å². The predicted octanol–water partition coefficient (Wildman–Crippen LogP) is 2.98. The fourth-order valence-electron chi connectivity index (χ4n) is 2.10. The first kappa shape index (κ1) is 15.4. The Morgan fingerprint density at radius 3 is 2.33 bits per heavy atom. The van der Waals surface area contributed by atoms with E-state index < -0.39 is 5.91 Å². The van der Waals surface area contributed by atoms with Crippen LogP contribution in [0.3, 0.4) is 0 Å². The monoisotopic (exact) mass is 318 g/mol. The standard InChI is InChI=1S/C18H14N4O2/c23-17(13-6-2-1-3-7-13)22-15-9-5-11-20-16(15)18(24)21-14-8-4-10-19-12-14/h1-12H,(H,21,24)(H,22,23). The van der Waals surface area contributed by atoms with Crippen LogP contribution in [0.2, 0.25) is 0 Å². The Labute approximate surface area is 138 Å². The molecule has 0 saturated carbocycles. The molecule has 2 N–H and O–H groups in total. The molecule has 3 aromatic rings. The Hall–Kier alpha value is -3.54. The van der Waals surface area contributed by atoms with E-state index in [2.05, 4.69) is 20.6 Å². The highest BCUT2D eigenvalue weighted by atomic mass is 16.2. The number of aromatic nitrogens is 2. The molecule has 0 fully saturated rings. The lowest BCUT2D eigenvalue weighted by atomic mass is 10.2. The molecule has 0 saturated heterocycles. The van der Waals surface area contributed by atoms with Gasteiger partial charge in [0.15, 0.2) is 5.69 Å². The lowest BCUT2D eigenvalue weighted by molar-refractivity contribution is 0.102. The number of amides is 2. The van der Waals surface area contributed by atoms with Gasteiger partial charge in [-0.05, 0) is 36.4 Å². The molecule has 2 amide bonds. The molecule has 3 rings (SSSR count). The fraction of sp³-hybridized carbons (Fsp3) is 0. The van der Waals surface area contributed by atoms with Gasteiger partial charge in [0.1, 0.15) is 0 Å². The molecule has 0 radical (unpaired) electrons. The molecular formula is C18H14N4O2. The second-order valence-electron chi connectivity index (χ2n) is 4.92. The molecule has 1 aromatic carbocycles. The first-order chi connectivity index (χ1) is 11.7. The summed E-state index contributed by atoms with van der Waals surface area (Å²) in [7, 11) is 0. The summed E-state index contributed by atoms with van der Waals surface area (Å²) in [6, 6.07) is 15.5. The van der Waals surface area contributed by atoms with Crippen LogP contribution in [-0.2, 0) is 0 Å². The van der Waals surface area contributed by atoms with Gasteiger partial charge in [0, 0.05) is 18.0 Å². The maximum absolute atomic E-state index is 12.4. The topological polar surface area (TPSA) is 84.0 Å². The molecule has 0 aliphatic heterocycles. The number of carbonyl (C=O) groups is 2. The van der Waals surface area contributed by atoms with E-state index in [0.29, 0.717) is 16.9 Å². The number of anilines is 2. The summed E-state index contributed by atoms with van der Waals surface area (Å²) >= 11 is 0. The highest BCUT2D eigenvalue weighted by molar-refractivity contribution is 6.11. The first-order valence-electron chi connectivity index (χ1n) is 7.27. The Bertz CT molecular complexity index is 851. The van der Waals surface area contributed by atoms with Crippen LogP contribution in [0.4, 0.5) is 11.4 Å². The number of rotatable bonds is 4. The predicted molar refractivity (Wildman–Crippen MR) is 90.8 cm³/mol. The van der Waals surface area contributed by atoms with E-state index in [4.69, 9.17) is 0 Å².